The second-order valence-electron chi connectivity index (χ2n) is 7.51. The number of hydrogen-bond acceptors (Lipinski definition) is 6. The highest BCUT2D eigenvalue weighted by molar-refractivity contribution is 7.89. The summed E-state index contributed by atoms with van der Waals surface area (Å²) in [5.41, 5.74) is 0.174. The van der Waals surface area contributed by atoms with Crippen LogP contribution in [-0.4, -0.2) is 52.7 Å². The summed E-state index contributed by atoms with van der Waals surface area (Å²) in [7, 11) is -2.23. The van der Waals surface area contributed by atoms with E-state index >= 15 is 0 Å². The Labute approximate surface area is 172 Å². The number of sulfonamides is 1. The summed E-state index contributed by atoms with van der Waals surface area (Å²) in [6.45, 7) is 3.67. The lowest BCUT2D eigenvalue weighted by molar-refractivity contribution is -0.125. The van der Waals surface area contributed by atoms with E-state index in [1.165, 1.54) is 37.8 Å². The molecule has 1 aliphatic rings. The van der Waals surface area contributed by atoms with Crippen molar-refractivity contribution < 1.29 is 27.5 Å². The fourth-order valence-electron chi connectivity index (χ4n) is 3.38. The molecule has 0 spiro atoms. The van der Waals surface area contributed by atoms with Crippen molar-refractivity contribution in [2.45, 2.75) is 56.5 Å². The van der Waals surface area contributed by atoms with Crippen molar-refractivity contribution in [1.29, 1.82) is 0 Å². The van der Waals surface area contributed by atoms with E-state index in [0.717, 1.165) is 19.3 Å². The van der Waals surface area contributed by atoms with Crippen molar-refractivity contribution in [2.75, 3.05) is 20.3 Å². The zero-order valence-electron chi connectivity index (χ0n) is 17.1. The van der Waals surface area contributed by atoms with E-state index in [4.69, 9.17) is 9.47 Å². The first-order valence-electron chi connectivity index (χ1n) is 9.80. The van der Waals surface area contributed by atoms with Crippen molar-refractivity contribution >= 4 is 21.9 Å². The zero-order chi connectivity index (χ0) is 21.4. The van der Waals surface area contributed by atoms with Gasteiger partial charge in [-0.1, -0.05) is 19.8 Å². The molecule has 1 aromatic rings. The molecule has 29 heavy (non-hydrogen) atoms. The van der Waals surface area contributed by atoms with E-state index in [2.05, 4.69) is 17.0 Å². The maximum absolute atomic E-state index is 12.3. The molecular formula is C20H30N2O6S. The van der Waals surface area contributed by atoms with Gasteiger partial charge in [0, 0.05) is 19.2 Å². The molecule has 0 unspecified atom stereocenters. The molecule has 0 aromatic heterocycles. The number of ether oxygens (including phenoxy) is 2. The number of benzene rings is 1. The van der Waals surface area contributed by atoms with Crippen molar-refractivity contribution in [2.24, 2.45) is 5.92 Å². The fourth-order valence-corrected chi connectivity index (χ4v) is 4.61. The molecule has 1 aromatic carbocycles. The monoisotopic (exact) mass is 426 g/mol. The average molecular weight is 427 g/mol. The molecule has 1 aliphatic carbocycles. The number of carbonyl (C=O) groups is 2. The highest BCUT2D eigenvalue weighted by Gasteiger charge is 2.23. The summed E-state index contributed by atoms with van der Waals surface area (Å²) in [5, 5.41) is 2.92. The van der Waals surface area contributed by atoms with E-state index < -0.39 is 16.0 Å². The normalized spacial score (nSPS) is 20.7. The van der Waals surface area contributed by atoms with Gasteiger partial charge in [-0.15, -0.1) is 0 Å². The molecular weight excluding hydrogens is 396 g/mol. The number of hydrogen-bond donors (Lipinski definition) is 2. The van der Waals surface area contributed by atoms with Crippen LogP contribution < -0.4 is 10.0 Å². The van der Waals surface area contributed by atoms with Gasteiger partial charge in [0.05, 0.1) is 17.1 Å². The van der Waals surface area contributed by atoms with Crippen LogP contribution in [0.4, 0.5) is 0 Å². The fraction of sp³-hybridized carbons (Fsp3) is 0.600. The molecule has 8 nitrogen and oxygen atoms in total. The molecule has 1 fully saturated rings. The summed E-state index contributed by atoms with van der Waals surface area (Å²) in [5.74, 6) is -0.591. The van der Waals surface area contributed by atoms with Gasteiger partial charge in [-0.3, -0.25) is 4.79 Å². The van der Waals surface area contributed by atoms with Crippen LogP contribution in [0.2, 0.25) is 0 Å². The number of amides is 1. The molecule has 1 saturated carbocycles. The quantitative estimate of drug-likeness (QED) is 0.583. The van der Waals surface area contributed by atoms with E-state index in [0.29, 0.717) is 5.92 Å². The Morgan fingerprint density at radius 3 is 2.45 bits per heavy atom. The van der Waals surface area contributed by atoms with Gasteiger partial charge in [-0.25, -0.2) is 17.9 Å². The van der Waals surface area contributed by atoms with Gasteiger partial charge in [0.15, 0.2) is 6.61 Å². The molecule has 0 heterocycles. The second-order valence-corrected chi connectivity index (χ2v) is 9.23. The number of nitrogens with one attached hydrogen (secondary N) is 2. The average Bonchev–Trinajstić information content (AvgIpc) is 2.68. The minimum absolute atomic E-state index is 0.0287. The number of rotatable bonds is 9. The van der Waals surface area contributed by atoms with Gasteiger partial charge in [0.2, 0.25) is 10.0 Å². The molecule has 2 N–H and O–H groups in total. The third-order valence-electron chi connectivity index (χ3n) is 4.97. The van der Waals surface area contributed by atoms with Crippen LogP contribution in [0.3, 0.4) is 0 Å². The van der Waals surface area contributed by atoms with E-state index in [1.807, 2.05) is 0 Å². The van der Waals surface area contributed by atoms with Crippen molar-refractivity contribution in [3.63, 3.8) is 0 Å². The second kappa shape index (κ2) is 10.7. The van der Waals surface area contributed by atoms with Crippen LogP contribution in [0.5, 0.6) is 0 Å². The standard InChI is InChI=1S/C20H30N2O6S/c1-14-6-4-5-7-18(14)21-19(23)13-28-20(24)16-8-10-17(11-9-16)29(25,26)22-15(2)12-27-3/h8-11,14-15,18,22H,4-7,12-13H2,1-3H3,(H,21,23)/t14-,15-,18-/m0/s1. The lowest BCUT2D eigenvalue weighted by Gasteiger charge is -2.29. The molecule has 9 heteroatoms. The van der Waals surface area contributed by atoms with Gasteiger partial charge in [0.25, 0.3) is 5.91 Å². The van der Waals surface area contributed by atoms with Crippen molar-refractivity contribution in [3.05, 3.63) is 29.8 Å². The predicted octanol–water partition coefficient (Wildman–Crippen LogP) is 1.85. The van der Waals surface area contributed by atoms with E-state index in [9.17, 15) is 18.0 Å². The highest BCUT2D eigenvalue weighted by Crippen LogP contribution is 2.23. The largest absolute Gasteiger partial charge is 0.452 e. The molecule has 162 valence electrons. The number of carbonyl (C=O) groups excluding carboxylic acids is 2. The number of esters is 1. The van der Waals surface area contributed by atoms with Gasteiger partial charge in [0.1, 0.15) is 0 Å². The topological polar surface area (TPSA) is 111 Å². The third-order valence-corrected chi connectivity index (χ3v) is 6.57. The van der Waals surface area contributed by atoms with Crippen LogP contribution in [0.15, 0.2) is 29.2 Å². The number of methoxy groups -OCH3 is 1. The third kappa shape index (κ3) is 7.09. The molecule has 0 saturated heterocycles. The maximum atomic E-state index is 12.3. The van der Waals surface area contributed by atoms with E-state index in [-0.39, 0.29) is 41.7 Å². The Hall–Kier alpha value is -1.97. The molecule has 2 rings (SSSR count). The molecule has 3 atom stereocenters. The summed E-state index contributed by atoms with van der Waals surface area (Å²) in [6.07, 6.45) is 4.28. The lowest BCUT2D eigenvalue weighted by Crippen LogP contribution is -2.42. The molecule has 0 bridgehead atoms. The summed E-state index contributed by atoms with van der Waals surface area (Å²) in [6, 6.07) is 5.09. The summed E-state index contributed by atoms with van der Waals surface area (Å²) in [4.78, 5) is 24.2. The maximum Gasteiger partial charge on any atom is 0.338 e. The van der Waals surface area contributed by atoms with Crippen molar-refractivity contribution in [1.82, 2.24) is 10.0 Å². The Balaban J connectivity index is 1.87. The van der Waals surface area contributed by atoms with Crippen molar-refractivity contribution in [3.8, 4) is 0 Å². The van der Waals surface area contributed by atoms with Gasteiger partial charge in [-0.2, -0.15) is 0 Å². The van der Waals surface area contributed by atoms with Crippen LogP contribution >= 0.6 is 0 Å². The Bertz CT molecular complexity index is 794. The first-order valence-corrected chi connectivity index (χ1v) is 11.3. The molecule has 1 amide bonds. The first-order chi connectivity index (χ1) is 13.7. The van der Waals surface area contributed by atoms with Crippen LogP contribution in [0.25, 0.3) is 0 Å². The van der Waals surface area contributed by atoms with Gasteiger partial charge in [-0.05, 0) is 49.9 Å². The smallest absolute Gasteiger partial charge is 0.338 e. The Kier molecular flexibility index (Phi) is 8.60. The SMILES string of the molecule is COC[C@H](C)NS(=O)(=O)c1ccc(C(=O)OCC(=O)N[C@H]2CCCC[C@@H]2C)cc1. The van der Waals surface area contributed by atoms with Crippen LogP contribution in [0, 0.1) is 5.92 Å². The zero-order valence-corrected chi connectivity index (χ0v) is 18.0. The summed E-state index contributed by atoms with van der Waals surface area (Å²) >= 11 is 0. The Morgan fingerprint density at radius 2 is 1.83 bits per heavy atom. The predicted molar refractivity (Wildman–Crippen MR) is 108 cm³/mol. The first kappa shape index (κ1) is 23.3. The lowest BCUT2D eigenvalue weighted by atomic mass is 9.86. The minimum atomic E-state index is -3.72. The van der Waals surface area contributed by atoms with Crippen LogP contribution in [-0.2, 0) is 24.3 Å². The minimum Gasteiger partial charge on any atom is -0.452 e. The van der Waals surface area contributed by atoms with Gasteiger partial charge < -0.3 is 14.8 Å². The van der Waals surface area contributed by atoms with E-state index in [1.54, 1.807) is 6.92 Å². The highest BCUT2D eigenvalue weighted by atomic mass is 32.2. The molecule has 0 radical (unpaired) electrons. The summed E-state index contributed by atoms with van der Waals surface area (Å²) < 4.78 is 37.0. The Morgan fingerprint density at radius 1 is 1.17 bits per heavy atom. The molecule has 0 aliphatic heterocycles. The van der Waals surface area contributed by atoms with Crippen LogP contribution in [0.1, 0.15) is 49.9 Å². The van der Waals surface area contributed by atoms with Gasteiger partial charge >= 0.3 is 5.97 Å².